The van der Waals surface area contributed by atoms with Crippen molar-refractivity contribution in [1.29, 1.82) is 0 Å². The second-order valence-electron chi connectivity index (χ2n) is 10.3. The highest BCUT2D eigenvalue weighted by atomic mass is 35.5. The SMILES string of the molecule is COC(=O)[C@@H]1CCC(=O)N(CCc2ccccc2)C/C=C/COc2cc(Cl)ccc2C(=O)N[C@H](Cc2ccccc2)C(=O)N1. The van der Waals surface area contributed by atoms with Gasteiger partial charge in [-0.2, -0.15) is 0 Å². The zero-order valence-corrected chi connectivity index (χ0v) is 25.3. The zero-order chi connectivity index (χ0) is 31.3. The lowest BCUT2D eigenvalue weighted by Crippen LogP contribution is -2.53. The number of esters is 1. The summed E-state index contributed by atoms with van der Waals surface area (Å²) in [5.74, 6) is -1.75. The van der Waals surface area contributed by atoms with E-state index in [0.717, 1.165) is 11.1 Å². The number of hydrogen-bond donors (Lipinski definition) is 2. The Kier molecular flexibility index (Phi) is 11.9. The van der Waals surface area contributed by atoms with Gasteiger partial charge in [-0.1, -0.05) is 78.3 Å². The van der Waals surface area contributed by atoms with E-state index in [0.29, 0.717) is 24.5 Å². The number of benzene rings is 3. The lowest BCUT2D eigenvalue weighted by molar-refractivity contribution is -0.145. The summed E-state index contributed by atoms with van der Waals surface area (Å²) in [6, 6.07) is 21.5. The van der Waals surface area contributed by atoms with Crippen LogP contribution in [-0.4, -0.2) is 67.5 Å². The molecule has 0 aliphatic carbocycles. The van der Waals surface area contributed by atoms with Crippen molar-refractivity contribution in [3.63, 3.8) is 0 Å². The molecule has 0 radical (unpaired) electrons. The van der Waals surface area contributed by atoms with Gasteiger partial charge in [0, 0.05) is 31.0 Å². The Labute approximate surface area is 262 Å². The molecule has 2 atom stereocenters. The Balaban J connectivity index is 1.63. The third kappa shape index (κ3) is 9.44. The van der Waals surface area contributed by atoms with Gasteiger partial charge in [-0.05, 0) is 48.2 Å². The van der Waals surface area contributed by atoms with E-state index in [2.05, 4.69) is 10.6 Å². The van der Waals surface area contributed by atoms with Crippen LogP contribution in [-0.2, 0) is 32.0 Å². The van der Waals surface area contributed by atoms with Crippen molar-refractivity contribution in [1.82, 2.24) is 15.5 Å². The van der Waals surface area contributed by atoms with Crippen molar-refractivity contribution in [3.05, 3.63) is 113 Å². The van der Waals surface area contributed by atoms with Crippen molar-refractivity contribution in [3.8, 4) is 5.75 Å². The maximum atomic E-state index is 13.6. The van der Waals surface area contributed by atoms with Crippen molar-refractivity contribution in [2.45, 2.75) is 37.8 Å². The van der Waals surface area contributed by atoms with Crippen LogP contribution in [0.4, 0.5) is 0 Å². The number of nitrogens with zero attached hydrogens (tertiary/aromatic N) is 1. The second kappa shape index (κ2) is 16.3. The van der Waals surface area contributed by atoms with Gasteiger partial charge in [-0.25, -0.2) is 4.79 Å². The van der Waals surface area contributed by atoms with Crippen LogP contribution in [0.1, 0.15) is 34.3 Å². The molecule has 4 rings (SSSR count). The Bertz CT molecular complexity index is 1460. The summed E-state index contributed by atoms with van der Waals surface area (Å²) in [4.78, 5) is 54.9. The first kappa shape index (κ1) is 32.3. The molecular weight excluding hydrogens is 582 g/mol. The number of ether oxygens (including phenoxy) is 2. The van der Waals surface area contributed by atoms with Gasteiger partial charge in [0.1, 0.15) is 24.4 Å². The van der Waals surface area contributed by atoms with Crippen LogP contribution in [0.5, 0.6) is 5.75 Å². The summed E-state index contributed by atoms with van der Waals surface area (Å²) in [6.07, 6.45) is 4.42. The summed E-state index contributed by atoms with van der Waals surface area (Å²) in [5.41, 5.74) is 2.09. The molecule has 1 aliphatic heterocycles. The molecule has 0 bridgehead atoms. The molecule has 3 aromatic carbocycles. The minimum atomic E-state index is -1.09. The molecule has 44 heavy (non-hydrogen) atoms. The van der Waals surface area contributed by atoms with E-state index in [1.165, 1.54) is 19.2 Å². The van der Waals surface area contributed by atoms with E-state index in [4.69, 9.17) is 21.1 Å². The average Bonchev–Trinajstić information content (AvgIpc) is 3.04. The third-order valence-corrected chi connectivity index (χ3v) is 7.47. The monoisotopic (exact) mass is 617 g/mol. The number of carbonyl (C=O) groups excluding carboxylic acids is 4. The molecule has 3 amide bonds. The van der Waals surface area contributed by atoms with Gasteiger partial charge in [0.25, 0.3) is 5.91 Å². The number of amides is 3. The van der Waals surface area contributed by atoms with Crippen molar-refractivity contribution in [2.75, 3.05) is 26.8 Å². The van der Waals surface area contributed by atoms with Crippen molar-refractivity contribution in [2.24, 2.45) is 0 Å². The molecular formula is C34H36ClN3O6. The molecule has 9 nitrogen and oxygen atoms in total. The number of rotatable bonds is 6. The molecule has 0 saturated heterocycles. The highest BCUT2D eigenvalue weighted by molar-refractivity contribution is 6.30. The predicted octanol–water partition coefficient (Wildman–Crippen LogP) is 4.14. The highest BCUT2D eigenvalue weighted by Gasteiger charge is 2.29. The Hall–Kier alpha value is -4.63. The van der Waals surface area contributed by atoms with Crippen LogP contribution in [0.2, 0.25) is 5.02 Å². The topological polar surface area (TPSA) is 114 Å². The first-order valence-corrected chi connectivity index (χ1v) is 14.8. The molecule has 3 aromatic rings. The summed E-state index contributed by atoms with van der Waals surface area (Å²) in [7, 11) is 1.22. The second-order valence-corrected chi connectivity index (χ2v) is 10.8. The van der Waals surface area contributed by atoms with E-state index in [9.17, 15) is 19.2 Å². The molecule has 1 heterocycles. The summed E-state index contributed by atoms with van der Waals surface area (Å²) in [6.45, 7) is 0.894. The average molecular weight is 618 g/mol. The highest BCUT2D eigenvalue weighted by Crippen LogP contribution is 2.24. The van der Waals surface area contributed by atoms with Gasteiger partial charge in [-0.15, -0.1) is 0 Å². The van der Waals surface area contributed by atoms with Gasteiger partial charge < -0.3 is 25.0 Å². The molecule has 10 heteroatoms. The van der Waals surface area contributed by atoms with E-state index in [1.54, 1.807) is 17.0 Å². The molecule has 1 aliphatic rings. The normalized spacial score (nSPS) is 19.0. The number of methoxy groups -OCH3 is 1. The minimum Gasteiger partial charge on any atom is -0.489 e. The number of halogens is 1. The van der Waals surface area contributed by atoms with Gasteiger partial charge in [0.2, 0.25) is 11.8 Å². The Morgan fingerprint density at radius 2 is 1.66 bits per heavy atom. The maximum Gasteiger partial charge on any atom is 0.328 e. The molecule has 230 valence electrons. The molecule has 0 aromatic heterocycles. The molecule has 2 N–H and O–H groups in total. The Morgan fingerprint density at radius 3 is 2.36 bits per heavy atom. The fraction of sp³-hybridized carbons (Fsp3) is 0.294. The van der Waals surface area contributed by atoms with E-state index in [-0.39, 0.29) is 43.1 Å². The number of hydrogen-bond acceptors (Lipinski definition) is 6. The first-order valence-electron chi connectivity index (χ1n) is 14.5. The quantitative estimate of drug-likeness (QED) is 0.318. The van der Waals surface area contributed by atoms with Crippen LogP contribution in [0.15, 0.2) is 91.0 Å². The van der Waals surface area contributed by atoms with Crippen LogP contribution in [0.3, 0.4) is 0 Å². The van der Waals surface area contributed by atoms with Crippen molar-refractivity contribution >= 4 is 35.3 Å². The summed E-state index contributed by atoms with van der Waals surface area (Å²) >= 11 is 6.21. The molecule has 0 saturated carbocycles. The molecule has 0 unspecified atom stereocenters. The molecule has 0 spiro atoms. The third-order valence-electron chi connectivity index (χ3n) is 7.24. The van der Waals surface area contributed by atoms with E-state index < -0.39 is 29.9 Å². The van der Waals surface area contributed by atoms with E-state index >= 15 is 0 Å². The van der Waals surface area contributed by atoms with Crippen LogP contribution < -0.4 is 15.4 Å². The lowest BCUT2D eigenvalue weighted by atomic mass is 10.0. The van der Waals surface area contributed by atoms with Crippen LogP contribution in [0, 0.1) is 0 Å². The predicted molar refractivity (Wildman–Crippen MR) is 167 cm³/mol. The van der Waals surface area contributed by atoms with E-state index in [1.807, 2.05) is 66.7 Å². The summed E-state index contributed by atoms with van der Waals surface area (Å²) in [5, 5.41) is 5.88. The van der Waals surface area contributed by atoms with Crippen molar-refractivity contribution < 1.29 is 28.7 Å². The van der Waals surface area contributed by atoms with Crippen LogP contribution in [0.25, 0.3) is 0 Å². The maximum absolute atomic E-state index is 13.6. The minimum absolute atomic E-state index is 0.00116. The van der Waals surface area contributed by atoms with Gasteiger partial charge in [0.05, 0.1) is 12.7 Å². The molecule has 0 fully saturated rings. The number of carbonyl (C=O) groups is 4. The van der Waals surface area contributed by atoms with Gasteiger partial charge in [-0.3, -0.25) is 14.4 Å². The van der Waals surface area contributed by atoms with Gasteiger partial charge in [0.15, 0.2) is 0 Å². The van der Waals surface area contributed by atoms with Gasteiger partial charge >= 0.3 is 5.97 Å². The number of fused-ring (bicyclic) bond motifs is 1. The number of nitrogens with one attached hydrogen (secondary N) is 2. The first-order chi connectivity index (χ1) is 21.3. The summed E-state index contributed by atoms with van der Waals surface area (Å²) < 4.78 is 10.9. The zero-order valence-electron chi connectivity index (χ0n) is 24.5. The Morgan fingerprint density at radius 1 is 0.955 bits per heavy atom. The largest absolute Gasteiger partial charge is 0.489 e. The lowest BCUT2D eigenvalue weighted by Gasteiger charge is -2.24. The standard InChI is InChI=1S/C34H36ClN3O6/c1-43-34(42)28-16-17-31(39)38(20-18-24-10-4-2-5-11-24)19-8-9-21-44-30-23-26(35)14-15-27(30)32(40)37-29(33(41)36-28)22-25-12-6-3-7-13-25/h2-15,23,28-29H,16-22H2,1H3,(H,36,41)(H,37,40)/b9-8+/t28-,29+/m0/s1. The fourth-order valence-corrected chi connectivity index (χ4v) is 4.98. The smallest absolute Gasteiger partial charge is 0.328 e. The fourth-order valence-electron chi connectivity index (χ4n) is 4.82. The van der Waals surface area contributed by atoms with Crippen LogP contribution >= 0.6 is 11.6 Å².